The van der Waals surface area contributed by atoms with Crippen LogP contribution in [-0.4, -0.2) is 24.8 Å². The number of carbonyl (C=O) groups is 2. The molecule has 1 heterocycles. The number of hydrogen-bond donors (Lipinski definition) is 0. The Morgan fingerprint density at radius 2 is 2.00 bits per heavy atom. The Kier molecular flexibility index (Phi) is 2.85. The van der Waals surface area contributed by atoms with E-state index in [1.807, 2.05) is 6.08 Å². The molecule has 2 bridgehead atoms. The standard InChI is InChI=1S/C20H26O3/c1-19-6-5-16-14(15(19)2-3-18(19)22)8-12-10-23-11-20(16)7-4-13(21)9-17(12)20/h9,12,14-16H,2-8,10-11H2,1H3/t12-,14?,15?,16?,19-,20-/m0/s1. The predicted octanol–water partition coefficient (Wildman–Crippen LogP) is 3.32. The zero-order chi connectivity index (χ0) is 15.8. The van der Waals surface area contributed by atoms with Gasteiger partial charge in [0.2, 0.25) is 0 Å². The molecule has 0 aromatic heterocycles. The summed E-state index contributed by atoms with van der Waals surface area (Å²) in [4.78, 5) is 24.5. The van der Waals surface area contributed by atoms with Gasteiger partial charge in [0.05, 0.1) is 13.2 Å². The second-order valence-corrected chi connectivity index (χ2v) is 8.96. The normalized spacial score (nSPS) is 51.6. The van der Waals surface area contributed by atoms with Crippen molar-refractivity contribution >= 4 is 11.6 Å². The topological polar surface area (TPSA) is 43.4 Å². The number of Topliss-reactive ketones (excluding diaryl/α,β-unsaturated/α-hetero) is 1. The van der Waals surface area contributed by atoms with Gasteiger partial charge in [0.25, 0.3) is 0 Å². The number of fused-ring (bicyclic) bond motifs is 3. The van der Waals surface area contributed by atoms with Gasteiger partial charge in [-0.05, 0) is 55.9 Å². The highest BCUT2D eigenvalue weighted by Crippen LogP contribution is 2.66. The van der Waals surface area contributed by atoms with Crippen LogP contribution in [0, 0.1) is 34.5 Å². The highest BCUT2D eigenvalue weighted by atomic mass is 16.5. The van der Waals surface area contributed by atoms with E-state index in [4.69, 9.17) is 4.74 Å². The molecule has 6 atom stereocenters. The number of ether oxygens (including phenoxy) is 1. The van der Waals surface area contributed by atoms with E-state index in [-0.39, 0.29) is 10.8 Å². The van der Waals surface area contributed by atoms with Crippen LogP contribution in [0.3, 0.4) is 0 Å². The molecule has 3 nitrogen and oxygen atoms in total. The summed E-state index contributed by atoms with van der Waals surface area (Å²) in [5.41, 5.74) is 1.49. The van der Waals surface area contributed by atoms with Gasteiger partial charge in [0.15, 0.2) is 5.78 Å². The molecule has 3 heteroatoms. The van der Waals surface area contributed by atoms with E-state index in [0.717, 1.165) is 51.7 Å². The van der Waals surface area contributed by atoms with Crippen LogP contribution in [0.2, 0.25) is 0 Å². The van der Waals surface area contributed by atoms with Crippen LogP contribution >= 0.6 is 0 Å². The van der Waals surface area contributed by atoms with E-state index in [0.29, 0.717) is 41.7 Å². The highest BCUT2D eigenvalue weighted by Gasteiger charge is 2.62. The molecule has 3 unspecified atom stereocenters. The van der Waals surface area contributed by atoms with Crippen LogP contribution in [0.4, 0.5) is 0 Å². The van der Waals surface area contributed by atoms with Crippen molar-refractivity contribution in [3.8, 4) is 0 Å². The van der Waals surface area contributed by atoms with Gasteiger partial charge in [-0.3, -0.25) is 9.59 Å². The quantitative estimate of drug-likeness (QED) is 0.689. The summed E-state index contributed by atoms with van der Waals surface area (Å²) in [6.07, 6.45) is 8.87. The molecule has 0 N–H and O–H groups in total. The third kappa shape index (κ3) is 1.70. The summed E-state index contributed by atoms with van der Waals surface area (Å²) >= 11 is 0. The summed E-state index contributed by atoms with van der Waals surface area (Å²) in [7, 11) is 0. The third-order valence-corrected chi connectivity index (χ3v) is 8.24. The highest BCUT2D eigenvalue weighted by molar-refractivity contribution is 5.92. The van der Waals surface area contributed by atoms with Crippen molar-refractivity contribution in [2.75, 3.05) is 13.2 Å². The molecular formula is C20H26O3. The van der Waals surface area contributed by atoms with E-state index in [9.17, 15) is 9.59 Å². The number of rotatable bonds is 0. The lowest BCUT2D eigenvalue weighted by Gasteiger charge is -2.61. The minimum absolute atomic E-state index is 0.0569. The van der Waals surface area contributed by atoms with Gasteiger partial charge < -0.3 is 4.74 Å². The zero-order valence-electron chi connectivity index (χ0n) is 14.0. The van der Waals surface area contributed by atoms with Crippen molar-refractivity contribution in [2.45, 2.75) is 51.9 Å². The van der Waals surface area contributed by atoms with Crippen LogP contribution in [0.25, 0.3) is 0 Å². The summed E-state index contributed by atoms with van der Waals surface area (Å²) < 4.78 is 6.02. The van der Waals surface area contributed by atoms with E-state index in [2.05, 4.69) is 6.92 Å². The molecule has 3 saturated carbocycles. The van der Waals surface area contributed by atoms with Gasteiger partial charge in [-0.25, -0.2) is 0 Å². The van der Waals surface area contributed by atoms with Crippen molar-refractivity contribution < 1.29 is 14.3 Å². The van der Waals surface area contributed by atoms with Crippen molar-refractivity contribution in [1.82, 2.24) is 0 Å². The number of ketones is 2. The fourth-order valence-electron chi connectivity index (χ4n) is 7.14. The first-order valence-corrected chi connectivity index (χ1v) is 9.40. The van der Waals surface area contributed by atoms with E-state index >= 15 is 0 Å². The lowest BCUT2D eigenvalue weighted by atomic mass is 9.45. The Balaban J connectivity index is 1.59. The largest absolute Gasteiger partial charge is 0.380 e. The van der Waals surface area contributed by atoms with E-state index in [1.54, 1.807) is 0 Å². The first-order chi connectivity index (χ1) is 11.0. The smallest absolute Gasteiger partial charge is 0.155 e. The summed E-state index contributed by atoms with van der Waals surface area (Å²) in [5.74, 6) is 3.12. The lowest BCUT2D eigenvalue weighted by Crippen LogP contribution is -2.58. The monoisotopic (exact) mass is 314 g/mol. The molecule has 0 aromatic rings. The maximum absolute atomic E-state index is 12.5. The molecule has 0 radical (unpaired) electrons. The first kappa shape index (κ1) is 14.4. The average molecular weight is 314 g/mol. The van der Waals surface area contributed by atoms with Crippen LogP contribution < -0.4 is 0 Å². The lowest BCUT2D eigenvalue weighted by molar-refractivity contribution is -0.146. The molecule has 0 amide bonds. The molecule has 0 aromatic carbocycles. The van der Waals surface area contributed by atoms with Crippen LogP contribution in [0.1, 0.15) is 51.9 Å². The molecule has 4 fully saturated rings. The van der Waals surface area contributed by atoms with Crippen molar-refractivity contribution in [3.05, 3.63) is 11.6 Å². The molecule has 5 rings (SSSR count). The third-order valence-electron chi connectivity index (χ3n) is 8.24. The van der Waals surface area contributed by atoms with Crippen molar-refractivity contribution in [1.29, 1.82) is 0 Å². The van der Waals surface area contributed by atoms with Crippen LogP contribution in [-0.2, 0) is 14.3 Å². The number of carbonyl (C=O) groups excluding carboxylic acids is 2. The van der Waals surface area contributed by atoms with Gasteiger partial charge in [-0.15, -0.1) is 0 Å². The van der Waals surface area contributed by atoms with Gasteiger partial charge in [0.1, 0.15) is 5.78 Å². The first-order valence-electron chi connectivity index (χ1n) is 9.40. The van der Waals surface area contributed by atoms with Crippen LogP contribution in [0.5, 0.6) is 0 Å². The SMILES string of the molecule is C[C@]12CCC3C(C[C@H]4COC[C@@]35CCC(=O)C=C45)C1CCC2=O. The molecule has 0 spiro atoms. The molecule has 4 aliphatic carbocycles. The Labute approximate surface area is 137 Å². The Bertz CT molecular complexity index is 620. The minimum Gasteiger partial charge on any atom is -0.380 e. The summed E-state index contributed by atoms with van der Waals surface area (Å²) in [5, 5.41) is 0. The number of hydrogen-bond acceptors (Lipinski definition) is 3. The average Bonchev–Trinajstić information content (AvgIpc) is 2.83. The molecule has 5 aliphatic rings. The van der Waals surface area contributed by atoms with Crippen LogP contribution in [0.15, 0.2) is 11.6 Å². The second kappa shape index (κ2) is 4.56. The molecule has 1 aliphatic heterocycles. The minimum atomic E-state index is -0.0569. The Morgan fingerprint density at radius 3 is 2.87 bits per heavy atom. The zero-order valence-corrected chi connectivity index (χ0v) is 14.0. The van der Waals surface area contributed by atoms with E-state index in [1.165, 1.54) is 5.57 Å². The fraction of sp³-hybridized carbons (Fsp3) is 0.800. The second-order valence-electron chi connectivity index (χ2n) is 8.96. The Morgan fingerprint density at radius 1 is 1.13 bits per heavy atom. The summed E-state index contributed by atoms with van der Waals surface area (Å²) in [6, 6.07) is 0. The van der Waals surface area contributed by atoms with Crippen molar-refractivity contribution in [3.63, 3.8) is 0 Å². The van der Waals surface area contributed by atoms with E-state index < -0.39 is 0 Å². The molecule has 1 saturated heterocycles. The van der Waals surface area contributed by atoms with Gasteiger partial charge >= 0.3 is 0 Å². The van der Waals surface area contributed by atoms with Gasteiger partial charge in [-0.2, -0.15) is 0 Å². The maximum Gasteiger partial charge on any atom is 0.155 e. The molecule has 23 heavy (non-hydrogen) atoms. The molecule has 124 valence electrons. The van der Waals surface area contributed by atoms with Gasteiger partial charge in [0, 0.05) is 29.6 Å². The predicted molar refractivity (Wildman–Crippen MR) is 85.7 cm³/mol. The summed E-state index contributed by atoms with van der Waals surface area (Å²) in [6.45, 7) is 3.82. The van der Waals surface area contributed by atoms with Crippen molar-refractivity contribution in [2.24, 2.45) is 34.5 Å². The Hall–Kier alpha value is -0.960. The molecular weight excluding hydrogens is 288 g/mol. The van der Waals surface area contributed by atoms with Gasteiger partial charge in [-0.1, -0.05) is 12.5 Å². The maximum atomic E-state index is 12.5. The fourth-order valence-corrected chi connectivity index (χ4v) is 7.14.